The van der Waals surface area contributed by atoms with E-state index >= 15 is 0 Å². The van der Waals surface area contributed by atoms with E-state index in [9.17, 15) is 14.4 Å². The number of amides is 1. The SMILES string of the molecule is O=C(O)CCCN1C(=O)CCOc2cc(C(=O)O)ccc21. The summed E-state index contributed by atoms with van der Waals surface area (Å²) in [5.41, 5.74) is 0.557. The molecule has 0 unspecified atom stereocenters. The van der Waals surface area contributed by atoms with Gasteiger partial charge in [-0.3, -0.25) is 9.59 Å². The second-order valence-corrected chi connectivity index (χ2v) is 4.63. The van der Waals surface area contributed by atoms with Crippen LogP contribution in [0.1, 0.15) is 29.6 Å². The Morgan fingerprint density at radius 2 is 2.05 bits per heavy atom. The number of carbonyl (C=O) groups excluding carboxylic acids is 1. The van der Waals surface area contributed by atoms with Crippen LogP contribution in [-0.2, 0) is 9.59 Å². The van der Waals surface area contributed by atoms with Crippen molar-refractivity contribution in [1.29, 1.82) is 0 Å². The van der Waals surface area contributed by atoms with E-state index in [4.69, 9.17) is 14.9 Å². The zero-order valence-electron chi connectivity index (χ0n) is 11.2. The summed E-state index contributed by atoms with van der Waals surface area (Å²) >= 11 is 0. The molecule has 0 saturated heterocycles. The minimum absolute atomic E-state index is 0.0345. The molecule has 1 aromatic rings. The number of benzene rings is 1. The number of fused-ring (bicyclic) bond motifs is 1. The fourth-order valence-electron chi connectivity index (χ4n) is 2.14. The van der Waals surface area contributed by atoms with Crippen molar-refractivity contribution in [2.75, 3.05) is 18.1 Å². The molecule has 0 radical (unpaired) electrons. The first-order valence-corrected chi connectivity index (χ1v) is 6.51. The first-order chi connectivity index (χ1) is 9.99. The standard InChI is InChI=1S/C14H15NO6/c16-12-5-7-21-11-8-9(14(19)20)3-4-10(11)15(12)6-1-2-13(17)18/h3-4,8H,1-2,5-7H2,(H,17,18)(H,19,20). The van der Waals surface area contributed by atoms with E-state index in [0.29, 0.717) is 17.9 Å². The highest BCUT2D eigenvalue weighted by atomic mass is 16.5. The highest BCUT2D eigenvalue weighted by Gasteiger charge is 2.24. The smallest absolute Gasteiger partial charge is 0.335 e. The molecule has 1 aromatic carbocycles. The van der Waals surface area contributed by atoms with Crippen molar-refractivity contribution >= 4 is 23.5 Å². The molecule has 0 bridgehead atoms. The fourth-order valence-corrected chi connectivity index (χ4v) is 2.14. The van der Waals surface area contributed by atoms with E-state index in [-0.39, 0.29) is 37.5 Å². The minimum Gasteiger partial charge on any atom is -0.491 e. The van der Waals surface area contributed by atoms with Gasteiger partial charge in [0.1, 0.15) is 5.75 Å². The molecular weight excluding hydrogens is 278 g/mol. The molecule has 2 N–H and O–H groups in total. The van der Waals surface area contributed by atoms with E-state index in [0.717, 1.165) is 0 Å². The van der Waals surface area contributed by atoms with Crippen molar-refractivity contribution in [2.24, 2.45) is 0 Å². The van der Waals surface area contributed by atoms with Crippen molar-refractivity contribution < 1.29 is 29.3 Å². The fraction of sp³-hybridized carbons (Fsp3) is 0.357. The highest BCUT2D eigenvalue weighted by Crippen LogP contribution is 2.32. The summed E-state index contributed by atoms with van der Waals surface area (Å²) in [6, 6.07) is 4.29. The van der Waals surface area contributed by atoms with Crippen LogP contribution in [0.5, 0.6) is 5.75 Å². The number of hydrogen-bond acceptors (Lipinski definition) is 4. The molecule has 0 aromatic heterocycles. The first-order valence-electron chi connectivity index (χ1n) is 6.51. The molecule has 7 heteroatoms. The number of anilines is 1. The van der Waals surface area contributed by atoms with Crippen molar-refractivity contribution in [3.63, 3.8) is 0 Å². The number of carboxylic acid groups (broad SMARTS) is 2. The average molecular weight is 293 g/mol. The third kappa shape index (κ3) is 3.50. The summed E-state index contributed by atoms with van der Waals surface area (Å²) < 4.78 is 5.43. The van der Waals surface area contributed by atoms with E-state index in [2.05, 4.69) is 0 Å². The largest absolute Gasteiger partial charge is 0.491 e. The lowest BCUT2D eigenvalue weighted by molar-refractivity contribution is -0.137. The molecule has 1 amide bonds. The van der Waals surface area contributed by atoms with Crippen LogP contribution in [0.4, 0.5) is 5.69 Å². The van der Waals surface area contributed by atoms with Crippen molar-refractivity contribution in [3.05, 3.63) is 23.8 Å². The second kappa shape index (κ2) is 6.25. The van der Waals surface area contributed by atoms with Crippen molar-refractivity contribution in [2.45, 2.75) is 19.3 Å². The summed E-state index contributed by atoms with van der Waals surface area (Å²) in [5.74, 6) is -1.83. The highest BCUT2D eigenvalue weighted by molar-refractivity contribution is 5.97. The molecule has 7 nitrogen and oxygen atoms in total. The zero-order chi connectivity index (χ0) is 15.4. The molecule has 2 rings (SSSR count). The van der Waals surface area contributed by atoms with Crippen LogP contribution in [-0.4, -0.2) is 41.2 Å². The van der Waals surface area contributed by atoms with E-state index < -0.39 is 11.9 Å². The summed E-state index contributed by atoms with van der Waals surface area (Å²) in [6.07, 6.45) is 0.457. The summed E-state index contributed by atoms with van der Waals surface area (Å²) in [4.78, 5) is 35.0. The van der Waals surface area contributed by atoms with Gasteiger partial charge in [-0.2, -0.15) is 0 Å². The number of carbonyl (C=O) groups is 3. The third-order valence-electron chi connectivity index (χ3n) is 3.14. The van der Waals surface area contributed by atoms with Crippen LogP contribution in [0.15, 0.2) is 18.2 Å². The van der Waals surface area contributed by atoms with Gasteiger partial charge in [0.25, 0.3) is 0 Å². The van der Waals surface area contributed by atoms with Gasteiger partial charge in [0.05, 0.1) is 24.3 Å². The van der Waals surface area contributed by atoms with Crippen LogP contribution >= 0.6 is 0 Å². The molecule has 21 heavy (non-hydrogen) atoms. The molecular formula is C14H15NO6. The summed E-state index contributed by atoms with van der Waals surface area (Å²) in [6.45, 7) is 0.429. The molecule has 0 aliphatic carbocycles. The van der Waals surface area contributed by atoms with Gasteiger partial charge in [-0.05, 0) is 24.6 Å². The van der Waals surface area contributed by atoms with E-state index in [1.54, 1.807) is 0 Å². The maximum absolute atomic E-state index is 12.1. The van der Waals surface area contributed by atoms with Gasteiger partial charge < -0.3 is 19.8 Å². The van der Waals surface area contributed by atoms with E-state index in [1.165, 1.54) is 23.1 Å². The van der Waals surface area contributed by atoms with Gasteiger partial charge in [0, 0.05) is 13.0 Å². The average Bonchev–Trinajstić information content (AvgIpc) is 2.57. The Labute approximate surface area is 120 Å². The Morgan fingerprint density at radius 3 is 2.71 bits per heavy atom. The molecule has 0 spiro atoms. The minimum atomic E-state index is -1.07. The predicted octanol–water partition coefficient (Wildman–Crippen LogP) is 1.37. The van der Waals surface area contributed by atoms with Gasteiger partial charge in [-0.15, -0.1) is 0 Å². The summed E-state index contributed by atoms with van der Waals surface area (Å²) in [7, 11) is 0. The summed E-state index contributed by atoms with van der Waals surface area (Å²) in [5, 5.41) is 17.6. The van der Waals surface area contributed by atoms with Crippen LogP contribution < -0.4 is 9.64 Å². The zero-order valence-corrected chi connectivity index (χ0v) is 11.2. The maximum atomic E-state index is 12.1. The van der Waals surface area contributed by atoms with Crippen LogP contribution in [0.3, 0.4) is 0 Å². The van der Waals surface area contributed by atoms with Gasteiger partial charge in [0.2, 0.25) is 5.91 Å². The van der Waals surface area contributed by atoms with Crippen LogP contribution in [0, 0.1) is 0 Å². The number of nitrogens with zero attached hydrogens (tertiary/aromatic N) is 1. The molecule has 1 aliphatic rings. The first kappa shape index (κ1) is 14.8. The molecule has 0 atom stereocenters. The molecule has 1 aliphatic heterocycles. The molecule has 0 saturated carbocycles. The predicted molar refractivity (Wildman–Crippen MR) is 72.7 cm³/mol. The number of aromatic carboxylic acids is 1. The molecule has 0 fully saturated rings. The monoisotopic (exact) mass is 293 g/mol. The Bertz CT molecular complexity index is 583. The van der Waals surface area contributed by atoms with E-state index in [1.807, 2.05) is 0 Å². The molecule has 1 heterocycles. The van der Waals surface area contributed by atoms with Gasteiger partial charge in [0.15, 0.2) is 0 Å². The maximum Gasteiger partial charge on any atom is 0.335 e. The Kier molecular flexibility index (Phi) is 4.42. The lowest BCUT2D eigenvalue weighted by atomic mass is 10.1. The number of ether oxygens (including phenoxy) is 1. The van der Waals surface area contributed by atoms with Gasteiger partial charge in [-0.25, -0.2) is 4.79 Å². The Morgan fingerprint density at radius 1 is 1.29 bits per heavy atom. The second-order valence-electron chi connectivity index (χ2n) is 4.63. The van der Waals surface area contributed by atoms with Gasteiger partial charge in [-0.1, -0.05) is 0 Å². The number of aliphatic carboxylic acids is 1. The topological polar surface area (TPSA) is 104 Å². The normalized spacial score (nSPS) is 14.1. The van der Waals surface area contributed by atoms with Crippen LogP contribution in [0.2, 0.25) is 0 Å². The quantitative estimate of drug-likeness (QED) is 0.849. The Balaban J connectivity index is 2.26. The molecule has 112 valence electrons. The lowest BCUT2D eigenvalue weighted by Crippen LogP contribution is -2.31. The number of carboxylic acids is 2. The van der Waals surface area contributed by atoms with Crippen LogP contribution in [0.25, 0.3) is 0 Å². The van der Waals surface area contributed by atoms with Crippen molar-refractivity contribution in [1.82, 2.24) is 0 Å². The Hall–Kier alpha value is -2.57. The van der Waals surface area contributed by atoms with Crippen molar-refractivity contribution in [3.8, 4) is 5.75 Å². The van der Waals surface area contributed by atoms with Gasteiger partial charge >= 0.3 is 11.9 Å². The third-order valence-corrected chi connectivity index (χ3v) is 3.14. The number of hydrogen-bond donors (Lipinski definition) is 2. The number of rotatable bonds is 5. The lowest BCUT2D eigenvalue weighted by Gasteiger charge is -2.21.